The molecule has 0 aliphatic carbocycles. The fourth-order valence-corrected chi connectivity index (χ4v) is 4.15. The maximum atomic E-state index is 13.2. The molecule has 1 saturated heterocycles. The summed E-state index contributed by atoms with van der Waals surface area (Å²) in [6.07, 6.45) is 4.03. The molecule has 1 amide bonds. The van der Waals surface area contributed by atoms with Gasteiger partial charge in [0.15, 0.2) is 5.65 Å². The summed E-state index contributed by atoms with van der Waals surface area (Å²) >= 11 is 0. The van der Waals surface area contributed by atoms with Crippen molar-refractivity contribution in [2.75, 3.05) is 20.6 Å². The highest BCUT2D eigenvalue weighted by Crippen LogP contribution is 2.34. The van der Waals surface area contributed by atoms with Gasteiger partial charge in [0.25, 0.3) is 0 Å². The third-order valence-electron chi connectivity index (χ3n) is 5.37. The number of amides is 1. The smallest absolute Gasteiger partial charge is 0.227 e. The monoisotopic (exact) mass is 395 g/mol. The van der Waals surface area contributed by atoms with E-state index in [1.54, 1.807) is 12.1 Å². The van der Waals surface area contributed by atoms with Gasteiger partial charge in [-0.1, -0.05) is 12.1 Å². The highest BCUT2D eigenvalue weighted by Gasteiger charge is 2.33. The van der Waals surface area contributed by atoms with Crippen molar-refractivity contribution >= 4 is 11.6 Å². The normalized spacial score (nSPS) is 16.9. The van der Waals surface area contributed by atoms with Gasteiger partial charge in [0.05, 0.1) is 23.9 Å². The van der Waals surface area contributed by atoms with E-state index in [2.05, 4.69) is 15.0 Å². The molecule has 1 atom stereocenters. The van der Waals surface area contributed by atoms with Crippen molar-refractivity contribution in [1.29, 1.82) is 0 Å². The summed E-state index contributed by atoms with van der Waals surface area (Å²) in [5.41, 5.74) is 4.66. The Bertz CT molecular complexity index is 1030. The number of carbonyl (C=O) groups excluding carboxylic acids is 1. The standard InChI is InChI=1S/C22H26FN5O/c1-15-11-20-24-13-17(14-26(2)3)22(28(20)25-15)19-5-4-10-27(19)21(29)12-16-6-8-18(23)9-7-16/h6-9,11,13,19H,4-5,10,12,14H2,1-3H3/t19-/m1/s1. The van der Waals surface area contributed by atoms with Crippen molar-refractivity contribution < 1.29 is 9.18 Å². The number of carbonyl (C=O) groups is 1. The summed E-state index contributed by atoms with van der Waals surface area (Å²) < 4.78 is 15.1. The highest BCUT2D eigenvalue weighted by molar-refractivity contribution is 5.79. The molecule has 6 nitrogen and oxygen atoms in total. The molecule has 0 saturated carbocycles. The van der Waals surface area contributed by atoms with Crippen LogP contribution in [0.15, 0.2) is 36.5 Å². The Balaban J connectivity index is 1.69. The maximum Gasteiger partial charge on any atom is 0.227 e. The first kappa shape index (κ1) is 19.5. The minimum atomic E-state index is -0.290. The maximum absolute atomic E-state index is 13.2. The number of halogens is 1. The van der Waals surface area contributed by atoms with Crippen LogP contribution in [0.25, 0.3) is 5.65 Å². The molecule has 29 heavy (non-hydrogen) atoms. The Morgan fingerprint density at radius 2 is 2.03 bits per heavy atom. The van der Waals surface area contributed by atoms with Crippen molar-refractivity contribution in [1.82, 2.24) is 24.4 Å². The molecule has 3 heterocycles. The SMILES string of the molecule is Cc1cc2ncc(CN(C)C)c([C@H]3CCCN3C(=O)Cc3ccc(F)cc3)n2n1. The molecule has 3 aromatic rings. The zero-order valence-electron chi connectivity index (χ0n) is 17.1. The van der Waals surface area contributed by atoms with Crippen LogP contribution in [-0.2, 0) is 17.8 Å². The lowest BCUT2D eigenvalue weighted by Crippen LogP contribution is -2.34. The molecule has 0 radical (unpaired) electrons. The van der Waals surface area contributed by atoms with E-state index in [0.29, 0.717) is 0 Å². The first-order chi connectivity index (χ1) is 13.9. The topological polar surface area (TPSA) is 53.7 Å². The predicted molar refractivity (Wildman–Crippen MR) is 109 cm³/mol. The minimum Gasteiger partial charge on any atom is -0.334 e. The van der Waals surface area contributed by atoms with Crippen molar-refractivity contribution in [2.24, 2.45) is 0 Å². The fraction of sp³-hybridized carbons (Fsp3) is 0.409. The van der Waals surface area contributed by atoms with Gasteiger partial charge in [-0.25, -0.2) is 13.9 Å². The minimum absolute atomic E-state index is 0.0392. The Kier molecular flexibility index (Phi) is 5.32. The van der Waals surface area contributed by atoms with Crippen molar-refractivity contribution in [2.45, 2.75) is 38.8 Å². The van der Waals surface area contributed by atoms with Crippen LogP contribution < -0.4 is 0 Å². The lowest BCUT2D eigenvalue weighted by molar-refractivity contribution is -0.131. The van der Waals surface area contributed by atoms with Gasteiger partial charge in [-0.2, -0.15) is 5.10 Å². The van der Waals surface area contributed by atoms with Gasteiger partial charge < -0.3 is 9.80 Å². The summed E-state index contributed by atoms with van der Waals surface area (Å²) in [5.74, 6) is -0.231. The van der Waals surface area contributed by atoms with Gasteiger partial charge in [-0.15, -0.1) is 0 Å². The van der Waals surface area contributed by atoms with E-state index in [0.717, 1.165) is 54.1 Å². The largest absolute Gasteiger partial charge is 0.334 e. The van der Waals surface area contributed by atoms with E-state index in [1.807, 2.05) is 42.7 Å². The van der Waals surface area contributed by atoms with Crippen LogP contribution in [0.2, 0.25) is 0 Å². The quantitative estimate of drug-likeness (QED) is 0.666. The lowest BCUT2D eigenvalue weighted by Gasteiger charge is -2.28. The third kappa shape index (κ3) is 4.00. The van der Waals surface area contributed by atoms with Crippen LogP contribution in [0, 0.1) is 12.7 Å². The average Bonchev–Trinajstić information content (AvgIpc) is 3.29. The molecule has 1 fully saturated rings. The van der Waals surface area contributed by atoms with Gasteiger partial charge in [0, 0.05) is 30.9 Å². The summed E-state index contributed by atoms with van der Waals surface area (Å²) in [4.78, 5) is 21.8. The van der Waals surface area contributed by atoms with E-state index >= 15 is 0 Å². The summed E-state index contributed by atoms with van der Waals surface area (Å²) in [5, 5.41) is 4.67. The summed E-state index contributed by atoms with van der Waals surface area (Å²) in [7, 11) is 4.04. The number of aryl methyl sites for hydroxylation is 1. The van der Waals surface area contributed by atoms with E-state index in [9.17, 15) is 9.18 Å². The fourth-order valence-electron chi connectivity index (χ4n) is 4.15. The molecule has 0 spiro atoms. The summed E-state index contributed by atoms with van der Waals surface area (Å²) in [6, 6.07) is 8.08. The second kappa shape index (κ2) is 7.91. The molecular formula is C22H26FN5O. The van der Waals surface area contributed by atoms with Gasteiger partial charge in [-0.05, 0) is 51.6 Å². The number of benzene rings is 1. The van der Waals surface area contributed by atoms with E-state index in [1.165, 1.54) is 12.1 Å². The van der Waals surface area contributed by atoms with E-state index in [4.69, 9.17) is 0 Å². The molecule has 1 aliphatic heterocycles. The lowest BCUT2D eigenvalue weighted by atomic mass is 10.0. The van der Waals surface area contributed by atoms with Crippen molar-refractivity contribution in [3.63, 3.8) is 0 Å². The summed E-state index contributed by atoms with van der Waals surface area (Å²) in [6.45, 7) is 3.40. The number of fused-ring (bicyclic) bond motifs is 1. The van der Waals surface area contributed by atoms with Gasteiger partial charge in [-0.3, -0.25) is 4.79 Å². The number of hydrogen-bond acceptors (Lipinski definition) is 4. The van der Waals surface area contributed by atoms with Gasteiger partial charge in [0.2, 0.25) is 5.91 Å². The average molecular weight is 395 g/mol. The predicted octanol–water partition coefficient (Wildman–Crippen LogP) is 3.14. The number of aromatic nitrogens is 3. The first-order valence-corrected chi connectivity index (χ1v) is 9.95. The van der Waals surface area contributed by atoms with Gasteiger partial charge >= 0.3 is 0 Å². The van der Waals surface area contributed by atoms with Gasteiger partial charge in [0.1, 0.15) is 5.82 Å². The van der Waals surface area contributed by atoms with Crippen LogP contribution in [0.3, 0.4) is 0 Å². The molecular weight excluding hydrogens is 369 g/mol. The van der Waals surface area contributed by atoms with Crippen LogP contribution in [0.4, 0.5) is 4.39 Å². The van der Waals surface area contributed by atoms with E-state index in [-0.39, 0.29) is 24.2 Å². The van der Waals surface area contributed by atoms with Crippen molar-refractivity contribution in [3.8, 4) is 0 Å². The van der Waals surface area contributed by atoms with Crippen LogP contribution in [0.5, 0.6) is 0 Å². The Morgan fingerprint density at radius 3 is 2.76 bits per heavy atom. The number of likely N-dealkylation sites (tertiary alicyclic amines) is 1. The molecule has 0 bridgehead atoms. The molecule has 2 aromatic heterocycles. The number of nitrogens with zero attached hydrogens (tertiary/aromatic N) is 5. The zero-order chi connectivity index (χ0) is 20.5. The molecule has 0 unspecified atom stereocenters. The second-order valence-corrected chi connectivity index (χ2v) is 8.01. The first-order valence-electron chi connectivity index (χ1n) is 9.95. The number of hydrogen-bond donors (Lipinski definition) is 0. The molecule has 1 aromatic carbocycles. The molecule has 7 heteroatoms. The zero-order valence-corrected chi connectivity index (χ0v) is 17.1. The molecule has 1 aliphatic rings. The third-order valence-corrected chi connectivity index (χ3v) is 5.37. The highest BCUT2D eigenvalue weighted by atomic mass is 19.1. The molecule has 0 N–H and O–H groups in total. The Hall–Kier alpha value is -2.80. The van der Waals surface area contributed by atoms with Crippen LogP contribution >= 0.6 is 0 Å². The number of rotatable bonds is 5. The Labute approximate surface area is 170 Å². The Morgan fingerprint density at radius 1 is 1.28 bits per heavy atom. The van der Waals surface area contributed by atoms with Crippen LogP contribution in [0.1, 0.15) is 41.4 Å². The van der Waals surface area contributed by atoms with Crippen LogP contribution in [-0.4, -0.2) is 50.9 Å². The van der Waals surface area contributed by atoms with Crippen molar-refractivity contribution in [3.05, 3.63) is 64.9 Å². The second-order valence-electron chi connectivity index (χ2n) is 8.01. The molecule has 152 valence electrons. The molecule has 4 rings (SSSR count). The van der Waals surface area contributed by atoms with E-state index < -0.39 is 0 Å².